The molecule has 0 saturated heterocycles. The maximum Gasteiger partial charge on any atom is 0.0991 e. The molecule has 0 atom stereocenters. The quantitative estimate of drug-likeness (QED) is 0.844. The second-order valence-corrected chi connectivity index (χ2v) is 4.98. The van der Waals surface area contributed by atoms with E-state index in [1.54, 1.807) is 0 Å². The Balaban J connectivity index is 2.03. The lowest BCUT2D eigenvalue weighted by Crippen LogP contribution is -2.17. The van der Waals surface area contributed by atoms with Crippen LogP contribution in [-0.4, -0.2) is 11.9 Å². The second kappa shape index (κ2) is 6.38. The van der Waals surface area contributed by atoms with Gasteiger partial charge in [-0.25, -0.2) is 0 Å². The SMILES string of the molecule is CN(Cc1cccc(C#N)c1)Cc1ccccc1Cl. The fourth-order valence-electron chi connectivity index (χ4n) is 2.02. The van der Waals surface area contributed by atoms with Crippen LogP contribution in [0.5, 0.6) is 0 Å². The fraction of sp³-hybridized carbons (Fsp3) is 0.188. The van der Waals surface area contributed by atoms with Crippen molar-refractivity contribution in [1.82, 2.24) is 4.90 Å². The van der Waals surface area contributed by atoms with E-state index >= 15 is 0 Å². The number of nitriles is 1. The van der Waals surface area contributed by atoms with Gasteiger partial charge < -0.3 is 0 Å². The zero-order valence-electron chi connectivity index (χ0n) is 10.8. The average molecular weight is 271 g/mol. The number of hydrogen-bond donors (Lipinski definition) is 0. The summed E-state index contributed by atoms with van der Waals surface area (Å²) in [6.45, 7) is 1.58. The third-order valence-electron chi connectivity index (χ3n) is 2.91. The van der Waals surface area contributed by atoms with Crippen molar-refractivity contribution in [2.75, 3.05) is 7.05 Å². The minimum absolute atomic E-state index is 0.698. The standard InChI is InChI=1S/C16H15ClN2/c1-19(12-15-7-2-3-8-16(15)17)11-14-6-4-5-13(9-14)10-18/h2-9H,11-12H2,1H3. The predicted octanol–water partition coefficient (Wildman–Crippen LogP) is 3.84. The van der Waals surface area contributed by atoms with Crippen LogP contribution in [0.15, 0.2) is 48.5 Å². The minimum atomic E-state index is 0.698. The Labute approximate surface area is 118 Å². The van der Waals surface area contributed by atoms with Crippen molar-refractivity contribution in [1.29, 1.82) is 5.26 Å². The Kier molecular flexibility index (Phi) is 4.57. The van der Waals surface area contributed by atoms with E-state index in [-0.39, 0.29) is 0 Å². The summed E-state index contributed by atoms with van der Waals surface area (Å²) in [6.07, 6.45) is 0. The van der Waals surface area contributed by atoms with Gasteiger partial charge in [0, 0.05) is 18.1 Å². The molecule has 2 rings (SSSR count). The van der Waals surface area contributed by atoms with Crippen molar-refractivity contribution >= 4 is 11.6 Å². The molecule has 0 fully saturated rings. The van der Waals surface area contributed by atoms with Crippen molar-refractivity contribution in [2.24, 2.45) is 0 Å². The maximum absolute atomic E-state index is 8.89. The largest absolute Gasteiger partial charge is 0.298 e. The van der Waals surface area contributed by atoms with E-state index in [1.807, 2.05) is 55.6 Å². The monoisotopic (exact) mass is 270 g/mol. The van der Waals surface area contributed by atoms with Gasteiger partial charge in [0.1, 0.15) is 0 Å². The summed E-state index contributed by atoms with van der Waals surface area (Å²) in [5.41, 5.74) is 2.94. The van der Waals surface area contributed by atoms with E-state index in [0.717, 1.165) is 29.2 Å². The average Bonchev–Trinajstić information content (AvgIpc) is 2.41. The molecule has 0 saturated carbocycles. The topological polar surface area (TPSA) is 27.0 Å². The van der Waals surface area contributed by atoms with Gasteiger partial charge >= 0.3 is 0 Å². The number of benzene rings is 2. The lowest BCUT2D eigenvalue weighted by molar-refractivity contribution is 0.319. The smallest absolute Gasteiger partial charge is 0.0991 e. The van der Waals surface area contributed by atoms with Crippen molar-refractivity contribution in [2.45, 2.75) is 13.1 Å². The molecular formula is C16H15ClN2. The molecule has 0 bridgehead atoms. The van der Waals surface area contributed by atoms with Crippen LogP contribution in [0.4, 0.5) is 0 Å². The molecule has 0 heterocycles. The third-order valence-corrected chi connectivity index (χ3v) is 3.28. The van der Waals surface area contributed by atoms with Crippen molar-refractivity contribution in [3.8, 4) is 6.07 Å². The molecule has 2 aromatic carbocycles. The zero-order valence-corrected chi connectivity index (χ0v) is 11.6. The summed E-state index contributed by atoms with van der Waals surface area (Å²) in [4.78, 5) is 2.18. The van der Waals surface area contributed by atoms with Gasteiger partial charge in [0.15, 0.2) is 0 Å². The summed E-state index contributed by atoms with van der Waals surface area (Å²) in [5, 5.41) is 9.68. The summed E-state index contributed by atoms with van der Waals surface area (Å²) < 4.78 is 0. The molecule has 2 nitrogen and oxygen atoms in total. The maximum atomic E-state index is 8.89. The Morgan fingerprint density at radius 3 is 2.63 bits per heavy atom. The summed E-state index contributed by atoms with van der Waals surface area (Å²) in [7, 11) is 2.04. The van der Waals surface area contributed by atoms with Crippen molar-refractivity contribution in [3.63, 3.8) is 0 Å². The molecule has 0 spiro atoms. The van der Waals surface area contributed by atoms with Gasteiger partial charge in [-0.1, -0.05) is 41.9 Å². The highest BCUT2D eigenvalue weighted by molar-refractivity contribution is 6.31. The van der Waals surface area contributed by atoms with Crippen LogP contribution in [0.3, 0.4) is 0 Å². The van der Waals surface area contributed by atoms with Crippen LogP contribution in [0.1, 0.15) is 16.7 Å². The summed E-state index contributed by atoms with van der Waals surface area (Å²) in [5.74, 6) is 0. The van der Waals surface area contributed by atoms with E-state index < -0.39 is 0 Å². The molecular weight excluding hydrogens is 256 g/mol. The first-order valence-electron chi connectivity index (χ1n) is 6.10. The van der Waals surface area contributed by atoms with Crippen LogP contribution in [0.2, 0.25) is 5.02 Å². The zero-order chi connectivity index (χ0) is 13.7. The van der Waals surface area contributed by atoms with E-state index in [9.17, 15) is 0 Å². The van der Waals surface area contributed by atoms with Crippen molar-refractivity contribution < 1.29 is 0 Å². The molecule has 96 valence electrons. The Hall–Kier alpha value is -1.82. The van der Waals surface area contributed by atoms with E-state index in [1.165, 1.54) is 0 Å². The van der Waals surface area contributed by atoms with Crippen LogP contribution in [0, 0.1) is 11.3 Å². The molecule has 0 N–H and O–H groups in total. The third kappa shape index (κ3) is 3.82. The van der Waals surface area contributed by atoms with Gasteiger partial charge in [0.2, 0.25) is 0 Å². The molecule has 0 aliphatic carbocycles. The lowest BCUT2D eigenvalue weighted by Gasteiger charge is -2.17. The molecule has 0 amide bonds. The first kappa shape index (κ1) is 13.6. The highest BCUT2D eigenvalue weighted by Gasteiger charge is 2.05. The van der Waals surface area contributed by atoms with Gasteiger partial charge in [-0.3, -0.25) is 4.90 Å². The summed E-state index contributed by atoms with van der Waals surface area (Å²) >= 11 is 6.15. The molecule has 0 aliphatic heterocycles. The number of halogens is 1. The molecule has 0 aromatic heterocycles. The second-order valence-electron chi connectivity index (χ2n) is 4.58. The van der Waals surface area contributed by atoms with Gasteiger partial charge in [0.05, 0.1) is 11.6 Å². The Morgan fingerprint density at radius 2 is 1.89 bits per heavy atom. The van der Waals surface area contributed by atoms with Crippen molar-refractivity contribution in [3.05, 3.63) is 70.2 Å². The van der Waals surface area contributed by atoms with Crippen LogP contribution >= 0.6 is 11.6 Å². The van der Waals surface area contributed by atoms with Gasteiger partial charge in [0.25, 0.3) is 0 Å². The van der Waals surface area contributed by atoms with Gasteiger partial charge in [-0.05, 0) is 36.4 Å². The first-order valence-corrected chi connectivity index (χ1v) is 6.48. The van der Waals surface area contributed by atoms with E-state index in [2.05, 4.69) is 11.0 Å². The van der Waals surface area contributed by atoms with Crippen LogP contribution in [0.25, 0.3) is 0 Å². The normalized spacial score (nSPS) is 10.4. The lowest BCUT2D eigenvalue weighted by atomic mass is 10.1. The molecule has 0 radical (unpaired) electrons. The Bertz CT molecular complexity index is 602. The van der Waals surface area contributed by atoms with Crippen LogP contribution in [-0.2, 0) is 13.1 Å². The van der Waals surface area contributed by atoms with E-state index in [0.29, 0.717) is 5.56 Å². The highest BCUT2D eigenvalue weighted by atomic mass is 35.5. The summed E-state index contributed by atoms with van der Waals surface area (Å²) in [6, 6.07) is 17.7. The van der Waals surface area contributed by atoms with Gasteiger partial charge in [-0.2, -0.15) is 5.26 Å². The molecule has 0 aliphatic rings. The number of hydrogen-bond acceptors (Lipinski definition) is 2. The van der Waals surface area contributed by atoms with Crippen LogP contribution < -0.4 is 0 Å². The number of nitrogens with zero attached hydrogens (tertiary/aromatic N) is 2. The van der Waals surface area contributed by atoms with E-state index in [4.69, 9.17) is 16.9 Å². The molecule has 3 heteroatoms. The fourth-order valence-corrected chi connectivity index (χ4v) is 2.22. The molecule has 19 heavy (non-hydrogen) atoms. The highest BCUT2D eigenvalue weighted by Crippen LogP contribution is 2.17. The molecule has 2 aromatic rings. The Morgan fingerprint density at radius 1 is 1.11 bits per heavy atom. The van der Waals surface area contributed by atoms with Gasteiger partial charge in [-0.15, -0.1) is 0 Å². The predicted molar refractivity (Wildman–Crippen MR) is 77.8 cm³/mol. The molecule has 0 unspecified atom stereocenters. The first-order chi connectivity index (χ1) is 9.19. The minimum Gasteiger partial charge on any atom is -0.298 e. The number of rotatable bonds is 4.